The molecule has 2 aromatic carbocycles. The number of halogens is 3. The zero-order chi connectivity index (χ0) is 22.1. The van der Waals surface area contributed by atoms with Gasteiger partial charge in [-0.15, -0.1) is 11.8 Å². The van der Waals surface area contributed by atoms with Crippen LogP contribution in [0.5, 0.6) is 0 Å². The van der Waals surface area contributed by atoms with Gasteiger partial charge in [-0.25, -0.2) is 0 Å². The normalized spacial score (nSPS) is 11.8. The van der Waals surface area contributed by atoms with Crippen molar-refractivity contribution in [2.75, 3.05) is 12.3 Å². The third-order valence-corrected chi connectivity index (χ3v) is 6.42. The molecule has 4 nitrogen and oxygen atoms in total. The van der Waals surface area contributed by atoms with Gasteiger partial charge in [0.1, 0.15) is 6.04 Å². The van der Waals surface area contributed by atoms with E-state index in [0.717, 1.165) is 11.1 Å². The molecule has 0 aliphatic carbocycles. The standard InChI is InChI=1S/C22H25Cl3N2O2S/c1-3-20(22(29)26-4-2)27(12-15-8-9-18(24)19(25)11-15)21(28)14-30-13-16-6-5-7-17(23)10-16/h5-11,20H,3-4,12-14H2,1-2H3,(H,26,29). The second kappa shape index (κ2) is 12.5. The first kappa shape index (κ1) is 24.9. The Morgan fingerprint density at radius 1 is 1.03 bits per heavy atom. The number of benzene rings is 2. The highest BCUT2D eigenvalue weighted by Gasteiger charge is 2.28. The van der Waals surface area contributed by atoms with Gasteiger partial charge in [0.05, 0.1) is 15.8 Å². The van der Waals surface area contributed by atoms with E-state index in [4.69, 9.17) is 34.8 Å². The maximum absolute atomic E-state index is 13.1. The van der Waals surface area contributed by atoms with Gasteiger partial charge in [-0.2, -0.15) is 0 Å². The predicted octanol–water partition coefficient (Wildman–Crippen LogP) is 5.82. The number of carbonyl (C=O) groups is 2. The van der Waals surface area contributed by atoms with E-state index in [2.05, 4.69) is 5.32 Å². The van der Waals surface area contributed by atoms with E-state index in [1.165, 1.54) is 11.8 Å². The van der Waals surface area contributed by atoms with Crippen LogP contribution in [-0.2, 0) is 21.9 Å². The number of rotatable bonds is 10. The molecule has 1 atom stereocenters. The maximum atomic E-state index is 13.1. The summed E-state index contributed by atoms with van der Waals surface area (Å²) in [5, 5.41) is 4.36. The average molecular weight is 488 g/mol. The minimum Gasteiger partial charge on any atom is -0.355 e. The number of nitrogens with zero attached hydrogens (tertiary/aromatic N) is 1. The van der Waals surface area contributed by atoms with Gasteiger partial charge in [0.15, 0.2) is 0 Å². The molecule has 0 saturated heterocycles. The van der Waals surface area contributed by atoms with Crippen molar-refractivity contribution in [1.29, 1.82) is 0 Å². The topological polar surface area (TPSA) is 49.4 Å². The van der Waals surface area contributed by atoms with E-state index in [0.29, 0.717) is 33.8 Å². The highest BCUT2D eigenvalue weighted by Crippen LogP contribution is 2.25. The fourth-order valence-electron chi connectivity index (χ4n) is 3.01. The van der Waals surface area contributed by atoms with Gasteiger partial charge in [0, 0.05) is 23.9 Å². The summed E-state index contributed by atoms with van der Waals surface area (Å²) >= 11 is 19.7. The number of nitrogens with one attached hydrogen (secondary N) is 1. The molecule has 0 aromatic heterocycles. The summed E-state index contributed by atoms with van der Waals surface area (Å²) in [6, 6.07) is 12.3. The average Bonchev–Trinajstić information content (AvgIpc) is 2.70. The Labute approximate surface area is 197 Å². The van der Waals surface area contributed by atoms with Crippen LogP contribution < -0.4 is 5.32 Å². The van der Waals surface area contributed by atoms with Crippen LogP contribution in [0.25, 0.3) is 0 Å². The molecule has 0 saturated carbocycles. The Morgan fingerprint density at radius 3 is 2.43 bits per heavy atom. The molecule has 0 aliphatic rings. The first-order valence-corrected chi connectivity index (χ1v) is 12.0. The number of hydrogen-bond acceptors (Lipinski definition) is 3. The first-order chi connectivity index (χ1) is 14.3. The summed E-state index contributed by atoms with van der Waals surface area (Å²) in [4.78, 5) is 27.3. The van der Waals surface area contributed by atoms with Crippen LogP contribution in [0.2, 0.25) is 15.1 Å². The molecule has 2 rings (SSSR count). The van der Waals surface area contributed by atoms with Crippen molar-refractivity contribution in [3.05, 3.63) is 68.7 Å². The predicted molar refractivity (Wildman–Crippen MR) is 127 cm³/mol. The lowest BCUT2D eigenvalue weighted by molar-refractivity contribution is -0.139. The molecule has 2 aromatic rings. The van der Waals surface area contributed by atoms with Crippen molar-refractivity contribution in [2.45, 2.75) is 38.6 Å². The Bertz CT molecular complexity index is 879. The smallest absolute Gasteiger partial charge is 0.242 e. The summed E-state index contributed by atoms with van der Waals surface area (Å²) in [6.45, 7) is 4.54. The lowest BCUT2D eigenvalue weighted by Crippen LogP contribution is -2.49. The fraction of sp³-hybridized carbons (Fsp3) is 0.364. The molecule has 162 valence electrons. The third kappa shape index (κ3) is 7.38. The van der Waals surface area contributed by atoms with Crippen LogP contribution in [0.4, 0.5) is 0 Å². The molecule has 0 fully saturated rings. The first-order valence-electron chi connectivity index (χ1n) is 9.69. The minimum atomic E-state index is -0.557. The Balaban J connectivity index is 2.14. The summed E-state index contributed by atoms with van der Waals surface area (Å²) < 4.78 is 0. The zero-order valence-electron chi connectivity index (χ0n) is 17.0. The zero-order valence-corrected chi connectivity index (χ0v) is 20.0. The van der Waals surface area contributed by atoms with E-state index < -0.39 is 6.04 Å². The molecule has 8 heteroatoms. The van der Waals surface area contributed by atoms with Gasteiger partial charge < -0.3 is 10.2 Å². The number of hydrogen-bond donors (Lipinski definition) is 1. The summed E-state index contributed by atoms with van der Waals surface area (Å²) in [5.74, 6) is 0.647. The maximum Gasteiger partial charge on any atom is 0.242 e. The van der Waals surface area contributed by atoms with Crippen LogP contribution in [-0.4, -0.2) is 35.1 Å². The van der Waals surface area contributed by atoms with Gasteiger partial charge in [0.25, 0.3) is 0 Å². The summed E-state index contributed by atoms with van der Waals surface area (Å²) in [7, 11) is 0. The van der Waals surface area contributed by atoms with Crippen LogP contribution in [0.1, 0.15) is 31.4 Å². The van der Waals surface area contributed by atoms with Crippen molar-refractivity contribution < 1.29 is 9.59 Å². The van der Waals surface area contributed by atoms with Crippen molar-refractivity contribution in [1.82, 2.24) is 10.2 Å². The van der Waals surface area contributed by atoms with E-state index in [1.54, 1.807) is 17.0 Å². The molecule has 0 bridgehead atoms. The van der Waals surface area contributed by atoms with Gasteiger partial charge >= 0.3 is 0 Å². The molecule has 1 N–H and O–H groups in total. The van der Waals surface area contributed by atoms with Crippen LogP contribution in [0, 0.1) is 0 Å². The van der Waals surface area contributed by atoms with Crippen molar-refractivity contribution in [3.63, 3.8) is 0 Å². The van der Waals surface area contributed by atoms with Crippen molar-refractivity contribution in [3.8, 4) is 0 Å². The van der Waals surface area contributed by atoms with E-state index >= 15 is 0 Å². The summed E-state index contributed by atoms with van der Waals surface area (Å²) in [6.07, 6.45) is 0.512. The highest BCUT2D eigenvalue weighted by molar-refractivity contribution is 7.99. The van der Waals surface area contributed by atoms with Gasteiger partial charge in [-0.1, -0.05) is 59.9 Å². The van der Waals surface area contributed by atoms with Crippen molar-refractivity contribution >= 4 is 58.4 Å². The molecule has 0 radical (unpaired) electrons. The van der Waals surface area contributed by atoms with E-state index in [1.807, 2.05) is 44.2 Å². The second-order valence-corrected chi connectivity index (χ2v) is 8.95. The molecule has 0 spiro atoms. The van der Waals surface area contributed by atoms with Gasteiger partial charge in [-0.3, -0.25) is 9.59 Å². The number of likely N-dealkylation sites (N-methyl/N-ethyl adjacent to an activating group) is 1. The van der Waals surface area contributed by atoms with Crippen LogP contribution in [0.15, 0.2) is 42.5 Å². The van der Waals surface area contributed by atoms with Gasteiger partial charge in [0.2, 0.25) is 11.8 Å². The minimum absolute atomic E-state index is 0.105. The molecule has 2 amide bonds. The monoisotopic (exact) mass is 486 g/mol. The largest absolute Gasteiger partial charge is 0.355 e. The summed E-state index contributed by atoms with van der Waals surface area (Å²) in [5.41, 5.74) is 1.87. The fourth-order valence-corrected chi connectivity index (χ4v) is 4.40. The van der Waals surface area contributed by atoms with Crippen LogP contribution >= 0.6 is 46.6 Å². The lowest BCUT2D eigenvalue weighted by Gasteiger charge is -2.30. The number of amides is 2. The molecular weight excluding hydrogens is 463 g/mol. The Hall–Kier alpha value is -1.40. The SMILES string of the molecule is CCNC(=O)C(CC)N(Cc1ccc(Cl)c(Cl)c1)C(=O)CSCc1cccc(Cl)c1. The van der Waals surface area contributed by atoms with Crippen molar-refractivity contribution in [2.24, 2.45) is 0 Å². The molecule has 1 unspecified atom stereocenters. The van der Waals surface area contributed by atoms with Crippen LogP contribution in [0.3, 0.4) is 0 Å². The molecule has 0 heterocycles. The van der Waals surface area contributed by atoms with Gasteiger partial charge in [-0.05, 0) is 48.7 Å². The quantitative estimate of drug-likeness (QED) is 0.459. The highest BCUT2D eigenvalue weighted by atomic mass is 35.5. The number of thioether (sulfide) groups is 1. The molecule has 30 heavy (non-hydrogen) atoms. The van der Waals surface area contributed by atoms with E-state index in [-0.39, 0.29) is 24.1 Å². The lowest BCUT2D eigenvalue weighted by atomic mass is 10.1. The molecular formula is C22H25Cl3N2O2S. The second-order valence-electron chi connectivity index (χ2n) is 6.71. The molecule has 0 aliphatic heterocycles. The Kier molecular flexibility index (Phi) is 10.3. The third-order valence-electron chi connectivity index (χ3n) is 4.46. The van der Waals surface area contributed by atoms with E-state index in [9.17, 15) is 9.59 Å². The number of carbonyl (C=O) groups excluding carboxylic acids is 2. The Morgan fingerprint density at radius 2 is 1.80 bits per heavy atom.